The molecule has 0 spiro atoms. The summed E-state index contributed by atoms with van der Waals surface area (Å²) in [4.78, 5) is 6.48. The monoisotopic (exact) mass is 426 g/mol. The lowest BCUT2D eigenvalue weighted by molar-refractivity contribution is 0.415. The van der Waals surface area contributed by atoms with E-state index in [-0.39, 0.29) is 24.0 Å². The number of methoxy groups -OCH3 is 1. The topological polar surface area (TPSA) is 62.9 Å². The standard InChI is InChI=1S/C17H22N4O.HI/c1-21(15-6-4-3-5-7-15)13-12-19-17(18)20-14-8-10-16(22-2)11-9-14;/h3-11H,12-13H2,1-2H3,(H3,18,19,20);1H. The number of anilines is 2. The number of guanidine groups is 1. The molecule has 0 heterocycles. The first-order chi connectivity index (χ1) is 10.7. The highest BCUT2D eigenvalue weighted by Gasteiger charge is 1.99. The van der Waals surface area contributed by atoms with Crippen LogP contribution in [0.15, 0.2) is 59.6 Å². The van der Waals surface area contributed by atoms with E-state index in [0.29, 0.717) is 12.5 Å². The van der Waals surface area contributed by atoms with Gasteiger partial charge in [0.05, 0.1) is 13.7 Å². The molecule has 0 amide bonds. The minimum Gasteiger partial charge on any atom is -0.497 e. The summed E-state index contributed by atoms with van der Waals surface area (Å²) in [6, 6.07) is 17.7. The van der Waals surface area contributed by atoms with Gasteiger partial charge in [0, 0.05) is 25.0 Å². The minimum absolute atomic E-state index is 0. The first-order valence-corrected chi connectivity index (χ1v) is 7.16. The van der Waals surface area contributed by atoms with Gasteiger partial charge in [0.15, 0.2) is 5.96 Å². The summed E-state index contributed by atoms with van der Waals surface area (Å²) >= 11 is 0. The van der Waals surface area contributed by atoms with Crippen LogP contribution >= 0.6 is 24.0 Å². The van der Waals surface area contributed by atoms with Crippen LogP contribution in [0.25, 0.3) is 0 Å². The fourth-order valence-corrected chi connectivity index (χ4v) is 1.99. The van der Waals surface area contributed by atoms with Crippen LogP contribution in [0.2, 0.25) is 0 Å². The second-order valence-electron chi connectivity index (χ2n) is 4.88. The molecular weight excluding hydrogens is 403 g/mol. The molecule has 0 aliphatic rings. The average Bonchev–Trinajstić information content (AvgIpc) is 2.56. The smallest absolute Gasteiger partial charge is 0.193 e. The molecule has 0 unspecified atom stereocenters. The van der Waals surface area contributed by atoms with Gasteiger partial charge < -0.3 is 20.7 Å². The van der Waals surface area contributed by atoms with Gasteiger partial charge in [-0.15, -0.1) is 24.0 Å². The van der Waals surface area contributed by atoms with Crippen LogP contribution in [0.5, 0.6) is 5.75 Å². The molecule has 2 aromatic carbocycles. The molecule has 0 aliphatic carbocycles. The van der Waals surface area contributed by atoms with Gasteiger partial charge in [-0.2, -0.15) is 0 Å². The fourth-order valence-electron chi connectivity index (χ4n) is 1.99. The van der Waals surface area contributed by atoms with Crippen LogP contribution < -0.4 is 20.7 Å². The molecule has 0 bridgehead atoms. The Kier molecular flexibility index (Phi) is 8.25. The number of rotatable bonds is 6. The van der Waals surface area contributed by atoms with Crippen molar-refractivity contribution < 1.29 is 4.74 Å². The number of likely N-dealkylation sites (N-methyl/N-ethyl adjacent to an activating group) is 1. The number of nitrogens with one attached hydrogen (secondary N) is 1. The van der Waals surface area contributed by atoms with Crippen molar-refractivity contribution in [1.29, 1.82) is 0 Å². The van der Waals surface area contributed by atoms with Crippen molar-refractivity contribution in [2.24, 2.45) is 10.7 Å². The quantitative estimate of drug-likeness (QED) is 0.423. The predicted molar refractivity (Wildman–Crippen MR) is 108 cm³/mol. The average molecular weight is 426 g/mol. The molecule has 23 heavy (non-hydrogen) atoms. The molecular formula is C17H23IN4O. The van der Waals surface area contributed by atoms with Gasteiger partial charge in [-0.05, 0) is 36.4 Å². The van der Waals surface area contributed by atoms with Crippen LogP contribution in [-0.4, -0.2) is 33.2 Å². The van der Waals surface area contributed by atoms with E-state index >= 15 is 0 Å². The number of benzene rings is 2. The summed E-state index contributed by atoms with van der Waals surface area (Å²) < 4.78 is 5.11. The lowest BCUT2D eigenvalue weighted by atomic mass is 10.3. The van der Waals surface area contributed by atoms with Crippen molar-refractivity contribution in [2.75, 3.05) is 37.5 Å². The molecule has 3 N–H and O–H groups in total. The normalized spacial score (nSPS) is 10.6. The number of nitrogens with zero attached hydrogens (tertiary/aromatic N) is 2. The Morgan fingerprint density at radius 1 is 1.13 bits per heavy atom. The van der Waals surface area contributed by atoms with Gasteiger partial charge in [-0.1, -0.05) is 18.2 Å². The molecule has 0 fully saturated rings. The molecule has 2 aromatic rings. The molecule has 0 atom stereocenters. The molecule has 0 aromatic heterocycles. The molecule has 2 rings (SSSR count). The highest BCUT2D eigenvalue weighted by atomic mass is 127. The largest absolute Gasteiger partial charge is 0.497 e. The van der Waals surface area contributed by atoms with E-state index in [1.807, 2.05) is 49.5 Å². The first-order valence-electron chi connectivity index (χ1n) is 7.16. The van der Waals surface area contributed by atoms with Crippen LogP contribution in [-0.2, 0) is 0 Å². The fraction of sp³-hybridized carbons (Fsp3) is 0.235. The first kappa shape index (κ1) is 19.1. The third-order valence-electron chi connectivity index (χ3n) is 3.28. The Hall–Kier alpha value is -1.96. The summed E-state index contributed by atoms with van der Waals surface area (Å²) in [7, 11) is 3.68. The van der Waals surface area contributed by atoms with Gasteiger partial charge in [0.1, 0.15) is 5.75 Å². The number of nitrogens with two attached hydrogens (primary N) is 1. The highest BCUT2D eigenvalue weighted by Crippen LogP contribution is 2.14. The second-order valence-corrected chi connectivity index (χ2v) is 4.88. The van der Waals surface area contributed by atoms with Gasteiger partial charge in [-0.25, -0.2) is 0 Å². The van der Waals surface area contributed by atoms with Crippen molar-refractivity contribution in [3.05, 3.63) is 54.6 Å². The minimum atomic E-state index is 0. The predicted octanol–water partition coefficient (Wildman–Crippen LogP) is 3.18. The molecule has 0 saturated carbocycles. The molecule has 0 radical (unpaired) electrons. The number of aliphatic imine (C=N–C) groups is 1. The van der Waals surface area contributed by atoms with Gasteiger partial charge in [0.2, 0.25) is 0 Å². The zero-order valence-electron chi connectivity index (χ0n) is 13.4. The van der Waals surface area contributed by atoms with Crippen LogP contribution in [0, 0.1) is 0 Å². The third kappa shape index (κ3) is 6.35. The molecule has 5 nitrogen and oxygen atoms in total. The number of halogens is 1. The van der Waals surface area contributed by atoms with E-state index in [1.54, 1.807) is 7.11 Å². The zero-order valence-corrected chi connectivity index (χ0v) is 15.7. The van der Waals surface area contributed by atoms with Crippen LogP contribution in [0.3, 0.4) is 0 Å². The van der Waals surface area contributed by atoms with Crippen LogP contribution in [0.4, 0.5) is 11.4 Å². The van der Waals surface area contributed by atoms with Crippen molar-refractivity contribution in [3.63, 3.8) is 0 Å². The third-order valence-corrected chi connectivity index (χ3v) is 3.28. The van der Waals surface area contributed by atoms with Gasteiger partial charge in [-0.3, -0.25) is 4.99 Å². The Morgan fingerprint density at radius 2 is 1.78 bits per heavy atom. The summed E-state index contributed by atoms with van der Waals surface area (Å²) in [5, 5.41) is 3.06. The second kappa shape index (κ2) is 9.94. The van der Waals surface area contributed by atoms with E-state index in [2.05, 4.69) is 27.3 Å². The van der Waals surface area contributed by atoms with Gasteiger partial charge >= 0.3 is 0 Å². The molecule has 124 valence electrons. The van der Waals surface area contributed by atoms with E-state index in [1.165, 1.54) is 5.69 Å². The Bertz CT molecular complexity index is 602. The maximum absolute atomic E-state index is 5.89. The summed E-state index contributed by atoms with van der Waals surface area (Å²) in [5.74, 6) is 1.22. The molecule has 0 saturated heterocycles. The Morgan fingerprint density at radius 3 is 2.39 bits per heavy atom. The van der Waals surface area contributed by atoms with Crippen molar-refractivity contribution in [3.8, 4) is 5.75 Å². The summed E-state index contributed by atoms with van der Waals surface area (Å²) in [5.41, 5.74) is 7.94. The Balaban J connectivity index is 0.00000264. The number of para-hydroxylation sites is 1. The maximum Gasteiger partial charge on any atom is 0.193 e. The number of hydrogen-bond donors (Lipinski definition) is 2. The zero-order chi connectivity index (χ0) is 15.8. The van der Waals surface area contributed by atoms with Gasteiger partial charge in [0.25, 0.3) is 0 Å². The summed E-state index contributed by atoms with van der Waals surface area (Å²) in [6.45, 7) is 1.43. The SMILES string of the molecule is COc1ccc(NC(N)=NCCN(C)c2ccccc2)cc1.I. The van der Waals surface area contributed by atoms with Crippen LogP contribution in [0.1, 0.15) is 0 Å². The number of ether oxygens (including phenoxy) is 1. The lowest BCUT2D eigenvalue weighted by Gasteiger charge is -2.18. The van der Waals surface area contributed by atoms with E-state index in [4.69, 9.17) is 10.5 Å². The van der Waals surface area contributed by atoms with E-state index < -0.39 is 0 Å². The van der Waals surface area contributed by atoms with Crippen molar-refractivity contribution in [1.82, 2.24) is 0 Å². The lowest BCUT2D eigenvalue weighted by Crippen LogP contribution is -2.26. The Labute approximate surface area is 154 Å². The highest BCUT2D eigenvalue weighted by molar-refractivity contribution is 14.0. The molecule has 0 aliphatic heterocycles. The number of hydrogen-bond acceptors (Lipinski definition) is 3. The van der Waals surface area contributed by atoms with Crippen molar-refractivity contribution in [2.45, 2.75) is 0 Å². The maximum atomic E-state index is 5.89. The van der Waals surface area contributed by atoms with E-state index in [9.17, 15) is 0 Å². The molecule has 6 heteroatoms. The van der Waals surface area contributed by atoms with Crippen molar-refractivity contribution >= 4 is 41.3 Å². The summed E-state index contributed by atoms with van der Waals surface area (Å²) in [6.07, 6.45) is 0. The van der Waals surface area contributed by atoms with E-state index in [0.717, 1.165) is 18.0 Å².